The Labute approximate surface area is 86.8 Å². The molecule has 0 aromatic rings. The van der Waals surface area contributed by atoms with Crippen LogP contribution in [0.5, 0.6) is 0 Å². The molecule has 2 saturated heterocycles. The molecular formula is C11H22N2O. The third-order valence-electron chi connectivity index (χ3n) is 3.83. The Hall–Kier alpha value is -0.120. The Balaban J connectivity index is 1.89. The molecule has 2 rings (SSSR count). The van der Waals surface area contributed by atoms with E-state index >= 15 is 0 Å². The molecule has 14 heavy (non-hydrogen) atoms. The van der Waals surface area contributed by atoms with Crippen LogP contribution < -0.4 is 5.32 Å². The van der Waals surface area contributed by atoms with E-state index < -0.39 is 0 Å². The van der Waals surface area contributed by atoms with Gasteiger partial charge in [0.25, 0.3) is 0 Å². The molecule has 0 aliphatic carbocycles. The van der Waals surface area contributed by atoms with Gasteiger partial charge in [0.05, 0.1) is 0 Å². The van der Waals surface area contributed by atoms with Gasteiger partial charge in [0.15, 0.2) is 0 Å². The van der Waals surface area contributed by atoms with Crippen LogP contribution in [0, 0.1) is 0 Å². The molecule has 0 aromatic carbocycles. The lowest BCUT2D eigenvalue weighted by Crippen LogP contribution is -2.67. The number of rotatable bonds is 4. The highest BCUT2D eigenvalue weighted by molar-refractivity contribution is 5.06. The Morgan fingerprint density at radius 3 is 2.86 bits per heavy atom. The topological polar surface area (TPSA) is 24.5 Å². The average molecular weight is 198 g/mol. The van der Waals surface area contributed by atoms with Crippen molar-refractivity contribution in [2.24, 2.45) is 0 Å². The van der Waals surface area contributed by atoms with Gasteiger partial charge in [0.1, 0.15) is 0 Å². The molecule has 1 atom stereocenters. The van der Waals surface area contributed by atoms with Crippen LogP contribution in [0.25, 0.3) is 0 Å². The van der Waals surface area contributed by atoms with Gasteiger partial charge in [0, 0.05) is 38.4 Å². The third-order valence-corrected chi connectivity index (χ3v) is 3.83. The summed E-state index contributed by atoms with van der Waals surface area (Å²) in [5.41, 5.74) is 0.521. The minimum atomic E-state index is 0.521. The molecule has 2 aliphatic rings. The van der Waals surface area contributed by atoms with Crippen LogP contribution in [0.1, 0.15) is 26.2 Å². The van der Waals surface area contributed by atoms with E-state index in [1.54, 1.807) is 7.11 Å². The Morgan fingerprint density at radius 2 is 2.29 bits per heavy atom. The zero-order valence-electron chi connectivity index (χ0n) is 9.38. The van der Waals surface area contributed by atoms with Crippen molar-refractivity contribution in [2.75, 3.05) is 33.4 Å². The van der Waals surface area contributed by atoms with Gasteiger partial charge in [-0.05, 0) is 32.7 Å². The van der Waals surface area contributed by atoms with Crippen LogP contribution in [0.15, 0.2) is 0 Å². The number of hydrogen-bond donors (Lipinski definition) is 1. The van der Waals surface area contributed by atoms with Gasteiger partial charge in [-0.25, -0.2) is 0 Å². The summed E-state index contributed by atoms with van der Waals surface area (Å²) in [5.74, 6) is 0. The molecule has 0 aromatic heterocycles. The number of nitrogens with one attached hydrogen (secondary N) is 1. The molecule has 1 spiro atoms. The first-order chi connectivity index (χ1) is 6.78. The molecule has 3 nitrogen and oxygen atoms in total. The fraction of sp³-hybridized carbons (Fsp3) is 1.00. The van der Waals surface area contributed by atoms with E-state index in [9.17, 15) is 0 Å². The van der Waals surface area contributed by atoms with Crippen LogP contribution in [0.4, 0.5) is 0 Å². The molecule has 1 N–H and O–H groups in total. The number of methoxy groups -OCH3 is 1. The second kappa shape index (κ2) is 4.17. The fourth-order valence-corrected chi connectivity index (χ4v) is 2.88. The van der Waals surface area contributed by atoms with Crippen LogP contribution in [0.2, 0.25) is 0 Å². The summed E-state index contributed by atoms with van der Waals surface area (Å²) in [6.07, 6.45) is 3.93. The highest BCUT2D eigenvalue weighted by Gasteiger charge is 2.46. The van der Waals surface area contributed by atoms with E-state index in [1.807, 2.05) is 0 Å². The summed E-state index contributed by atoms with van der Waals surface area (Å²) in [7, 11) is 1.79. The maximum Gasteiger partial charge on any atom is 0.0477 e. The van der Waals surface area contributed by atoms with Crippen molar-refractivity contribution in [1.82, 2.24) is 10.2 Å². The van der Waals surface area contributed by atoms with Crippen molar-refractivity contribution in [3.8, 4) is 0 Å². The Morgan fingerprint density at radius 1 is 1.50 bits per heavy atom. The summed E-state index contributed by atoms with van der Waals surface area (Å²) >= 11 is 0. The van der Waals surface area contributed by atoms with E-state index in [2.05, 4.69) is 17.1 Å². The largest absolute Gasteiger partial charge is 0.385 e. The monoisotopic (exact) mass is 198 g/mol. The quantitative estimate of drug-likeness (QED) is 0.725. The minimum Gasteiger partial charge on any atom is -0.385 e. The molecular weight excluding hydrogens is 176 g/mol. The lowest BCUT2D eigenvalue weighted by atomic mass is 9.88. The van der Waals surface area contributed by atoms with Gasteiger partial charge in [-0.2, -0.15) is 0 Å². The maximum atomic E-state index is 5.15. The lowest BCUT2D eigenvalue weighted by Gasteiger charge is -2.49. The van der Waals surface area contributed by atoms with Crippen molar-refractivity contribution < 1.29 is 4.74 Å². The van der Waals surface area contributed by atoms with Crippen LogP contribution in [-0.2, 0) is 4.74 Å². The third kappa shape index (κ3) is 1.69. The number of hydrogen-bond acceptors (Lipinski definition) is 3. The summed E-state index contributed by atoms with van der Waals surface area (Å²) in [5, 5.41) is 3.41. The van der Waals surface area contributed by atoms with Gasteiger partial charge in [-0.1, -0.05) is 0 Å². The SMILES string of the molecule is COCCC(C)N1CCCC12CNC2. The second-order valence-corrected chi connectivity index (χ2v) is 4.76. The normalized spacial score (nSPS) is 27.9. The number of nitrogens with zero attached hydrogens (tertiary/aromatic N) is 1. The van der Waals surface area contributed by atoms with Crippen molar-refractivity contribution in [2.45, 2.75) is 37.8 Å². The molecule has 0 radical (unpaired) electrons. The highest BCUT2D eigenvalue weighted by atomic mass is 16.5. The van der Waals surface area contributed by atoms with Gasteiger partial charge in [-0.3, -0.25) is 4.90 Å². The lowest BCUT2D eigenvalue weighted by molar-refractivity contribution is 0.0332. The first kappa shape index (κ1) is 10.4. The molecule has 3 heteroatoms. The Bertz CT molecular complexity index is 192. The van der Waals surface area contributed by atoms with E-state index in [0.717, 1.165) is 13.0 Å². The zero-order valence-corrected chi connectivity index (χ0v) is 9.38. The molecule has 0 amide bonds. The number of likely N-dealkylation sites (tertiary alicyclic amines) is 1. The molecule has 2 heterocycles. The first-order valence-corrected chi connectivity index (χ1v) is 5.75. The molecule has 0 saturated carbocycles. The van der Waals surface area contributed by atoms with Crippen molar-refractivity contribution in [3.05, 3.63) is 0 Å². The van der Waals surface area contributed by atoms with Gasteiger partial charge < -0.3 is 10.1 Å². The van der Waals surface area contributed by atoms with Crippen LogP contribution in [0.3, 0.4) is 0 Å². The molecule has 0 bridgehead atoms. The predicted octanol–water partition coefficient (Wildman–Crippen LogP) is 0.849. The molecule has 2 aliphatic heterocycles. The van der Waals surface area contributed by atoms with E-state index in [1.165, 1.54) is 32.5 Å². The van der Waals surface area contributed by atoms with E-state index in [0.29, 0.717) is 11.6 Å². The molecule has 1 unspecified atom stereocenters. The second-order valence-electron chi connectivity index (χ2n) is 4.76. The summed E-state index contributed by atoms with van der Waals surface area (Å²) in [6, 6.07) is 0.680. The van der Waals surface area contributed by atoms with E-state index in [4.69, 9.17) is 4.74 Å². The number of ether oxygens (including phenoxy) is 1. The maximum absolute atomic E-state index is 5.15. The van der Waals surface area contributed by atoms with Crippen LogP contribution >= 0.6 is 0 Å². The van der Waals surface area contributed by atoms with E-state index in [-0.39, 0.29) is 0 Å². The summed E-state index contributed by atoms with van der Waals surface area (Å²) in [6.45, 7) is 6.91. The molecule has 82 valence electrons. The smallest absolute Gasteiger partial charge is 0.0477 e. The van der Waals surface area contributed by atoms with Gasteiger partial charge in [-0.15, -0.1) is 0 Å². The average Bonchev–Trinajstić information content (AvgIpc) is 2.57. The molecule has 2 fully saturated rings. The van der Waals surface area contributed by atoms with Crippen molar-refractivity contribution in [1.29, 1.82) is 0 Å². The van der Waals surface area contributed by atoms with Crippen molar-refractivity contribution >= 4 is 0 Å². The highest BCUT2D eigenvalue weighted by Crippen LogP contribution is 2.34. The summed E-state index contributed by atoms with van der Waals surface area (Å²) < 4.78 is 5.15. The van der Waals surface area contributed by atoms with Crippen LogP contribution in [-0.4, -0.2) is 49.8 Å². The first-order valence-electron chi connectivity index (χ1n) is 5.75. The van der Waals surface area contributed by atoms with Gasteiger partial charge in [0.2, 0.25) is 0 Å². The zero-order chi connectivity index (χ0) is 10.0. The van der Waals surface area contributed by atoms with Crippen molar-refractivity contribution in [3.63, 3.8) is 0 Å². The summed E-state index contributed by atoms with van der Waals surface area (Å²) in [4.78, 5) is 2.70. The standard InChI is InChI=1S/C11H22N2O/c1-10(4-7-14-2)13-6-3-5-11(13)8-12-9-11/h10,12H,3-9H2,1-2H3. The minimum absolute atomic E-state index is 0.521. The predicted molar refractivity (Wildman–Crippen MR) is 57.5 cm³/mol. The van der Waals surface area contributed by atoms with Gasteiger partial charge >= 0.3 is 0 Å². The Kier molecular flexibility index (Phi) is 3.10. The fourth-order valence-electron chi connectivity index (χ4n) is 2.88.